The molecule has 0 rings (SSSR count). The second-order valence-electron chi connectivity index (χ2n) is 7.09. The molecule has 0 heterocycles. The van der Waals surface area contributed by atoms with Crippen molar-refractivity contribution in [1.82, 2.24) is 4.90 Å². The number of amides is 1. The van der Waals surface area contributed by atoms with E-state index < -0.39 is 10.1 Å². The number of hydrogen-bond acceptors (Lipinski definition) is 3. The Bertz CT molecular complexity index is 423. The normalized spacial score (nSPS) is 11.6. The second-order valence-corrected chi connectivity index (χ2v) is 8.67. The molecule has 150 valence electrons. The molecule has 0 atom stereocenters. The quantitative estimate of drug-likeness (QED) is 0.291. The van der Waals surface area contributed by atoms with Gasteiger partial charge in [-0.3, -0.25) is 9.35 Å². The van der Waals surface area contributed by atoms with Crippen LogP contribution in [0.1, 0.15) is 96.8 Å². The van der Waals surface area contributed by atoms with Gasteiger partial charge in [0.15, 0.2) is 0 Å². The number of nitrogens with zero attached hydrogens (tertiary/aromatic N) is 1. The molecular formula is C19H39NO4S. The first-order valence-electron chi connectivity index (χ1n) is 10.1. The van der Waals surface area contributed by atoms with Gasteiger partial charge in [-0.15, -0.1) is 0 Å². The molecule has 0 aliphatic carbocycles. The molecule has 0 aromatic heterocycles. The monoisotopic (exact) mass is 377 g/mol. The largest absolute Gasteiger partial charge is 0.346 e. The van der Waals surface area contributed by atoms with Gasteiger partial charge >= 0.3 is 0 Å². The Morgan fingerprint density at radius 2 is 1.28 bits per heavy atom. The zero-order valence-corrected chi connectivity index (χ0v) is 17.2. The van der Waals surface area contributed by atoms with Crippen molar-refractivity contribution in [3.05, 3.63) is 0 Å². The lowest BCUT2D eigenvalue weighted by Gasteiger charge is -2.16. The summed E-state index contributed by atoms with van der Waals surface area (Å²) < 4.78 is 29.9. The van der Waals surface area contributed by atoms with Crippen molar-refractivity contribution in [2.24, 2.45) is 0 Å². The molecule has 0 bridgehead atoms. The maximum Gasteiger partial charge on any atom is 0.264 e. The highest BCUT2D eigenvalue weighted by molar-refractivity contribution is 7.85. The molecular weight excluding hydrogens is 338 g/mol. The Balaban J connectivity index is 3.42. The summed E-state index contributed by atoms with van der Waals surface area (Å²) in [5.41, 5.74) is 0. The van der Waals surface area contributed by atoms with E-state index >= 15 is 0 Å². The number of hydrogen-bond donors (Lipinski definition) is 1. The number of rotatable bonds is 17. The van der Waals surface area contributed by atoms with Gasteiger partial charge in [0.05, 0.1) is 5.75 Å². The van der Waals surface area contributed by atoms with Gasteiger partial charge in [-0.2, -0.15) is 8.42 Å². The van der Waals surface area contributed by atoms with Crippen molar-refractivity contribution in [3.63, 3.8) is 0 Å². The van der Waals surface area contributed by atoms with Crippen LogP contribution in [0.2, 0.25) is 0 Å². The van der Waals surface area contributed by atoms with Gasteiger partial charge in [0.1, 0.15) is 0 Å². The third kappa shape index (κ3) is 18.0. The van der Waals surface area contributed by atoms with Gasteiger partial charge in [-0.05, 0) is 19.3 Å². The third-order valence-corrected chi connectivity index (χ3v) is 5.37. The highest BCUT2D eigenvalue weighted by atomic mass is 32.2. The van der Waals surface area contributed by atoms with Crippen molar-refractivity contribution >= 4 is 16.0 Å². The summed E-state index contributed by atoms with van der Waals surface area (Å²) in [4.78, 5) is 13.6. The number of carbonyl (C=O) groups excluding carboxylic acids is 1. The van der Waals surface area contributed by atoms with E-state index in [0.717, 1.165) is 12.8 Å². The average Bonchev–Trinajstić information content (AvgIpc) is 2.55. The molecule has 0 aromatic carbocycles. The van der Waals surface area contributed by atoms with E-state index in [0.29, 0.717) is 25.8 Å². The fraction of sp³-hybridized carbons (Fsp3) is 0.947. The SMILES string of the molecule is CCCCCCCCCCCCCC(=O)N(C)CCCCS(=O)(=O)O. The minimum atomic E-state index is -3.88. The maximum absolute atomic E-state index is 12.0. The van der Waals surface area contributed by atoms with Crippen molar-refractivity contribution in [3.8, 4) is 0 Å². The maximum atomic E-state index is 12.0. The highest BCUT2D eigenvalue weighted by Crippen LogP contribution is 2.12. The van der Waals surface area contributed by atoms with Crippen LogP contribution in [0, 0.1) is 0 Å². The molecule has 1 N–H and O–H groups in total. The molecule has 0 saturated carbocycles. The van der Waals surface area contributed by atoms with Gasteiger partial charge in [-0.1, -0.05) is 71.1 Å². The van der Waals surface area contributed by atoms with Crippen LogP contribution in [0.15, 0.2) is 0 Å². The zero-order chi connectivity index (χ0) is 19.0. The predicted octanol–water partition coefficient (Wildman–Crippen LogP) is 4.81. The standard InChI is InChI=1S/C19H39NO4S/c1-3-4-5-6-7-8-9-10-11-12-13-16-19(21)20(2)17-14-15-18-25(22,23)24/h3-18H2,1-2H3,(H,22,23,24). The van der Waals surface area contributed by atoms with Crippen LogP contribution in [0.3, 0.4) is 0 Å². The van der Waals surface area contributed by atoms with E-state index in [1.807, 2.05) is 0 Å². The molecule has 0 unspecified atom stereocenters. The Morgan fingerprint density at radius 1 is 0.800 bits per heavy atom. The lowest BCUT2D eigenvalue weighted by molar-refractivity contribution is -0.130. The summed E-state index contributed by atoms with van der Waals surface area (Å²) in [5.74, 6) is -0.101. The molecule has 0 spiro atoms. The summed E-state index contributed by atoms with van der Waals surface area (Å²) >= 11 is 0. The summed E-state index contributed by atoms with van der Waals surface area (Å²) in [6, 6.07) is 0. The zero-order valence-electron chi connectivity index (χ0n) is 16.3. The van der Waals surface area contributed by atoms with Crippen LogP contribution in [-0.4, -0.2) is 43.1 Å². The fourth-order valence-electron chi connectivity index (χ4n) is 2.89. The summed E-state index contributed by atoms with van der Waals surface area (Å²) in [5, 5.41) is 0. The third-order valence-electron chi connectivity index (χ3n) is 4.57. The molecule has 0 aliphatic rings. The number of carbonyl (C=O) groups is 1. The van der Waals surface area contributed by atoms with Crippen LogP contribution >= 0.6 is 0 Å². The Kier molecular flexibility index (Phi) is 15.2. The van der Waals surface area contributed by atoms with Crippen LogP contribution in [0.25, 0.3) is 0 Å². The minimum absolute atomic E-state index is 0.128. The average molecular weight is 378 g/mol. The van der Waals surface area contributed by atoms with Crippen molar-refractivity contribution in [2.75, 3.05) is 19.3 Å². The van der Waals surface area contributed by atoms with Gasteiger partial charge in [0.2, 0.25) is 5.91 Å². The van der Waals surface area contributed by atoms with Gasteiger partial charge in [-0.25, -0.2) is 0 Å². The van der Waals surface area contributed by atoms with Gasteiger partial charge in [0.25, 0.3) is 10.1 Å². The van der Waals surface area contributed by atoms with Crippen molar-refractivity contribution in [1.29, 1.82) is 0 Å². The summed E-state index contributed by atoms with van der Waals surface area (Å²) in [6.45, 7) is 2.79. The molecule has 0 aromatic rings. The molecule has 5 nitrogen and oxygen atoms in total. The van der Waals surface area contributed by atoms with E-state index in [1.54, 1.807) is 11.9 Å². The topological polar surface area (TPSA) is 74.7 Å². The van der Waals surface area contributed by atoms with Gasteiger partial charge < -0.3 is 4.90 Å². The Morgan fingerprint density at radius 3 is 1.76 bits per heavy atom. The first kappa shape index (κ1) is 24.4. The van der Waals surface area contributed by atoms with Crippen LogP contribution in [0.5, 0.6) is 0 Å². The second kappa shape index (κ2) is 15.6. The molecule has 1 amide bonds. The predicted molar refractivity (Wildman–Crippen MR) is 104 cm³/mol. The Labute approximate surface area is 155 Å². The molecule has 0 fully saturated rings. The lowest BCUT2D eigenvalue weighted by Crippen LogP contribution is -2.27. The minimum Gasteiger partial charge on any atom is -0.346 e. The van der Waals surface area contributed by atoms with Gasteiger partial charge in [0, 0.05) is 20.0 Å². The molecule has 0 saturated heterocycles. The van der Waals surface area contributed by atoms with E-state index in [4.69, 9.17) is 4.55 Å². The summed E-state index contributed by atoms with van der Waals surface area (Å²) in [7, 11) is -2.12. The first-order chi connectivity index (χ1) is 11.9. The first-order valence-corrected chi connectivity index (χ1v) is 11.7. The van der Waals surface area contributed by atoms with E-state index in [9.17, 15) is 13.2 Å². The van der Waals surface area contributed by atoms with E-state index in [2.05, 4.69) is 6.92 Å². The molecule has 25 heavy (non-hydrogen) atoms. The van der Waals surface area contributed by atoms with E-state index in [1.165, 1.54) is 57.8 Å². The van der Waals surface area contributed by atoms with Crippen LogP contribution < -0.4 is 0 Å². The Hall–Kier alpha value is -0.620. The van der Waals surface area contributed by atoms with E-state index in [-0.39, 0.29) is 11.7 Å². The molecule has 0 aliphatic heterocycles. The smallest absolute Gasteiger partial charge is 0.264 e. The summed E-state index contributed by atoms with van der Waals surface area (Å²) in [6.07, 6.45) is 15.5. The lowest BCUT2D eigenvalue weighted by atomic mass is 10.1. The fourth-order valence-corrected chi connectivity index (χ4v) is 3.46. The molecule has 6 heteroatoms. The van der Waals surface area contributed by atoms with Crippen molar-refractivity contribution < 1.29 is 17.8 Å². The number of unbranched alkanes of at least 4 members (excludes halogenated alkanes) is 11. The van der Waals surface area contributed by atoms with Crippen molar-refractivity contribution in [2.45, 2.75) is 96.8 Å². The van der Waals surface area contributed by atoms with Crippen LogP contribution in [-0.2, 0) is 14.9 Å². The highest BCUT2D eigenvalue weighted by Gasteiger charge is 2.09. The van der Waals surface area contributed by atoms with Crippen LogP contribution in [0.4, 0.5) is 0 Å². The molecule has 0 radical (unpaired) electrons.